The first-order valence-electron chi connectivity index (χ1n) is 7.10. The summed E-state index contributed by atoms with van der Waals surface area (Å²) in [6.45, 7) is 2.04. The molecular weight excluding hydrogens is 310 g/mol. The van der Waals surface area contributed by atoms with Crippen molar-refractivity contribution in [3.05, 3.63) is 46.7 Å². The lowest BCUT2D eigenvalue weighted by Crippen LogP contribution is -1.99. The quantitative estimate of drug-likeness (QED) is 0.697. The van der Waals surface area contributed by atoms with Crippen molar-refractivity contribution in [2.45, 2.75) is 6.92 Å². The molecule has 0 spiro atoms. The van der Waals surface area contributed by atoms with Gasteiger partial charge < -0.3 is 19.8 Å². The largest absolute Gasteiger partial charge is 0.493 e. The maximum Gasteiger partial charge on any atom is 0.199 e. The van der Waals surface area contributed by atoms with Gasteiger partial charge in [0.2, 0.25) is 0 Å². The van der Waals surface area contributed by atoms with Crippen LogP contribution >= 0.6 is 12.2 Å². The third-order valence-electron chi connectivity index (χ3n) is 3.51. The first-order valence-corrected chi connectivity index (χ1v) is 7.51. The molecule has 0 bridgehead atoms. The minimum atomic E-state index is 0.403. The van der Waals surface area contributed by atoms with E-state index in [0.29, 0.717) is 22.1 Å². The van der Waals surface area contributed by atoms with Gasteiger partial charge in [-0.1, -0.05) is 12.1 Å². The molecule has 118 valence electrons. The van der Waals surface area contributed by atoms with E-state index in [9.17, 15) is 0 Å². The molecule has 0 aliphatic carbocycles. The summed E-state index contributed by atoms with van der Waals surface area (Å²) < 4.78 is 11.1. The van der Waals surface area contributed by atoms with E-state index in [1.807, 2.05) is 43.3 Å². The SMILES string of the molecule is COc1cc2[nH]c(=S)nc(Nc3cccc(C)c3)c2cc1OC. The van der Waals surface area contributed by atoms with Gasteiger partial charge in [0.05, 0.1) is 19.7 Å². The number of rotatable bonds is 4. The minimum absolute atomic E-state index is 0.403. The Morgan fingerprint density at radius 3 is 2.52 bits per heavy atom. The topological polar surface area (TPSA) is 59.2 Å². The number of aromatic nitrogens is 2. The lowest BCUT2D eigenvalue weighted by molar-refractivity contribution is 0.356. The molecule has 0 fully saturated rings. The standard InChI is InChI=1S/C17H17N3O2S/c1-10-5-4-6-11(7-10)18-16-12-8-14(21-2)15(22-3)9-13(12)19-17(23)20-16/h4-9H,1-3H3,(H2,18,19,20,23). The van der Waals surface area contributed by atoms with E-state index in [2.05, 4.69) is 15.3 Å². The molecule has 23 heavy (non-hydrogen) atoms. The maximum absolute atomic E-state index is 5.38. The third-order valence-corrected chi connectivity index (χ3v) is 3.71. The van der Waals surface area contributed by atoms with Crippen LogP contribution in [0.3, 0.4) is 0 Å². The van der Waals surface area contributed by atoms with Gasteiger partial charge in [0.15, 0.2) is 16.3 Å². The number of anilines is 2. The van der Waals surface area contributed by atoms with Crippen LogP contribution in [-0.4, -0.2) is 24.2 Å². The first kappa shape index (κ1) is 15.3. The summed E-state index contributed by atoms with van der Waals surface area (Å²) in [7, 11) is 3.21. The van der Waals surface area contributed by atoms with E-state index >= 15 is 0 Å². The molecule has 0 atom stereocenters. The highest BCUT2D eigenvalue weighted by Crippen LogP contribution is 2.34. The number of aryl methyl sites for hydroxylation is 1. The van der Waals surface area contributed by atoms with Gasteiger partial charge >= 0.3 is 0 Å². The Morgan fingerprint density at radius 1 is 1.09 bits per heavy atom. The van der Waals surface area contributed by atoms with Crippen LogP contribution in [0, 0.1) is 11.7 Å². The number of H-pyrrole nitrogens is 1. The van der Waals surface area contributed by atoms with E-state index in [-0.39, 0.29) is 0 Å². The van der Waals surface area contributed by atoms with Crippen LogP contribution in [0.2, 0.25) is 0 Å². The van der Waals surface area contributed by atoms with Crippen LogP contribution in [0.15, 0.2) is 36.4 Å². The Labute approximate surface area is 139 Å². The Kier molecular flexibility index (Phi) is 4.16. The first-order chi connectivity index (χ1) is 11.1. The van der Waals surface area contributed by atoms with E-state index in [1.165, 1.54) is 5.56 Å². The zero-order chi connectivity index (χ0) is 16.4. The molecule has 1 aromatic heterocycles. The number of methoxy groups -OCH3 is 2. The Hall–Kier alpha value is -2.60. The Balaban J connectivity index is 2.17. The van der Waals surface area contributed by atoms with Crippen molar-refractivity contribution in [2.75, 3.05) is 19.5 Å². The van der Waals surface area contributed by atoms with Gasteiger partial charge in [-0.2, -0.15) is 0 Å². The molecule has 3 aromatic rings. The third kappa shape index (κ3) is 3.12. The van der Waals surface area contributed by atoms with Gasteiger partial charge in [-0.3, -0.25) is 0 Å². The van der Waals surface area contributed by atoms with E-state index in [4.69, 9.17) is 21.7 Å². The smallest absolute Gasteiger partial charge is 0.199 e. The number of benzene rings is 2. The zero-order valence-corrected chi connectivity index (χ0v) is 14.0. The predicted octanol–water partition coefficient (Wildman–Crippen LogP) is 4.36. The van der Waals surface area contributed by atoms with Gasteiger partial charge in [-0.15, -0.1) is 0 Å². The predicted molar refractivity (Wildman–Crippen MR) is 94.5 cm³/mol. The number of fused-ring (bicyclic) bond motifs is 1. The number of nitrogens with one attached hydrogen (secondary N) is 2. The second kappa shape index (κ2) is 6.26. The van der Waals surface area contributed by atoms with Crippen molar-refractivity contribution >= 4 is 34.6 Å². The maximum atomic E-state index is 5.38. The van der Waals surface area contributed by atoms with E-state index < -0.39 is 0 Å². The summed E-state index contributed by atoms with van der Waals surface area (Å²) in [4.78, 5) is 7.49. The van der Waals surface area contributed by atoms with Crippen molar-refractivity contribution in [1.82, 2.24) is 9.97 Å². The van der Waals surface area contributed by atoms with Gasteiger partial charge in [0, 0.05) is 17.1 Å². The summed E-state index contributed by atoms with van der Waals surface area (Å²) in [6, 6.07) is 11.8. The fourth-order valence-corrected chi connectivity index (χ4v) is 2.64. The summed E-state index contributed by atoms with van der Waals surface area (Å²) in [6.07, 6.45) is 0. The molecule has 2 N–H and O–H groups in total. The van der Waals surface area contributed by atoms with Crippen molar-refractivity contribution < 1.29 is 9.47 Å². The van der Waals surface area contributed by atoms with Gasteiger partial charge in [0.1, 0.15) is 5.82 Å². The highest BCUT2D eigenvalue weighted by atomic mass is 32.1. The molecule has 5 nitrogen and oxygen atoms in total. The molecule has 0 saturated carbocycles. The summed E-state index contributed by atoms with van der Waals surface area (Å²) in [5.41, 5.74) is 2.95. The number of aromatic amines is 1. The Morgan fingerprint density at radius 2 is 1.83 bits per heavy atom. The number of hydrogen-bond acceptors (Lipinski definition) is 5. The second-order valence-corrected chi connectivity index (χ2v) is 5.52. The normalized spacial score (nSPS) is 10.6. The highest BCUT2D eigenvalue weighted by Gasteiger charge is 2.11. The van der Waals surface area contributed by atoms with Crippen LogP contribution in [-0.2, 0) is 0 Å². The van der Waals surface area contributed by atoms with Crippen molar-refractivity contribution in [1.29, 1.82) is 0 Å². The monoisotopic (exact) mass is 327 g/mol. The molecule has 2 aromatic carbocycles. The highest BCUT2D eigenvalue weighted by molar-refractivity contribution is 7.71. The van der Waals surface area contributed by atoms with Crippen molar-refractivity contribution in [2.24, 2.45) is 0 Å². The fraction of sp³-hybridized carbons (Fsp3) is 0.176. The van der Waals surface area contributed by atoms with Crippen LogP contribution < -0.4 is 14.8 Å². The van der Waals surface area contributed by atoms with Crippen LogP contribution in [0.1, 0.15) is 5.56 Å². The second-order valence-electron chi connectivity index (χ2n) is 5.14. The van der Waals surface area contributed by atoms with Gasteiger partial charge in [0.25, 0.3) is 0 Å². The summed E-state index contributed by atoms with van der Waals surface area (Å²) in [5.74, 6) is 1.95. The van der Waals surface area contributed by atoms with E-state index in [1.54, 1.807) is 14.2 Å². The lowest BCUT2D eigenvalue weighted by Gasteiger charge is -2.13. The average molecular weight is 327 g/mol. The van der Waals surface area contributed by atoms with Crippen molar-refractivity contribution in [3.63, 3.8) is 0 Å². The number of ether oxygens (including phenoxy) is 2. The molecule has 3 rings (SSSR count). The van der Waals surface area contributed by atoms with Crippen LogP contribution in [0.25, 0.3) is 10.9 Å². The average Bonchev–Trinajstić information content (AvgIpc) is 2.53. The molecule has 0 amide bonds. The van der Waals surface area contributed by atoms with Crippen LogP contribution in [0.5, 0.6) is 11.5 Å². The molecule has 1 heterocycles. The minimum Gasteiger partial charge on any atom is -0.493 e. The van der Waals surface area contributed by atoms with E-state index in [0.717, 1.165) is 16.6 Å². The Bertz CT molecular complexity index is 921. The number of nitrogens with zero attached hydrogens (tertiary/aromatic N) is 1. The molecule has 0 radical (unpaired) electrons. The molecule has 6 heteroatoms. The molecule has 0 aliphatic heterocycles. The van der Waals surface area contributed by atoms with Gasteiger partial charge in [-0.05, 0) is 42.9 Å². The van der Waals surface area contributed by atoms with Crippen molar-refractivity contribution in [3.8, 4) is 11.5 Å². The fourth-order valence-electron chi connectivity index (χ4n) is 2.44. The molecule has 0 unspecified atom stereocenters. The zero-order valence-electron chi connectivity index (χ0n) is 13.1. The summed E-state index contributed by atoms with van der Waals surface area (Å²) >= 11 is 5.23. The van der Waals surface area contributed by atoms with Crippen LogP contribution in [0.4, 0.5) is 11.5 Å². The van der Waals surface area contributed by atoms with Gasteiger partial charge in [-0.25, -0.2) is 4.98 Å². The molecular formula is C17H17N3O2S. The summed E-state index contributed by atoms with van der Waals surface area (Å²) in [5, 5.41) is 4.20. The lowest BCUT2D eigenvalue weighted by atomic mass is 10.2. The number of hydrogen-bond donors (Lipinski definition) is 2. The molecule has 0 saturated heterocycles. The molecule has 0 aliphatic rings.